The molecule has 0 saturated carbocycles. The second-order valence-corrected chi connectivity index (χ2v) is 5.66. The number of nitrogens with zero attached hydrogens (tertiary/aromatic N) is 1. The molecular weight excluding hydrogens is 294 g/mol. The van der Waals surface area contributed by atoms with Crippen LogP contribution >= 0.6 is 0 Å². The fourth-order valence-electron chi connectivity index (χ4n) is 2.92. The van der Waals surface area contributed by atoms with E-state index in [0.29, 0.717) is 17.2 Å². The molecule has 1 atom stereocenters. The van der Waals surface area contributed by atoms with Crippen LogP contribution in [0.1, 0.15) is 26.7 Å². The van der Waals surface area contributed by atoms with Crippen LogP contribution in [0.4, 0.5) is 11.4 Å². The van der Waals surface area contributed by atoms with Crippen LogP contribution in [0.3, 0.4) is 0 Å². The molecule has 1 aliphatic rings. The Hall–Kier alpha value is -1.82. The molecule has 23 heavy (non-hydrogen) atoms. The fourth-order valence-corrected chi connectivity index (χ4v) is 2.92. The van der Waals surface area contributed by atoms with Gasteiger partial charge in [0, 0.05) is 12.6 Å². The Labute approximate surface area is 139 Å². The Morgan fingerprint density at radius 2 is 1.78 bits per heavy atom. The van der Waals surface area contributed by atoms with Gasteiger partial charge in [-0.15, -0.1) is 0 Å². The summed E-state index contributed by atoms with van der Waals surface area (Å²) < 4.78 is 16.4. The number of unbranched alkanes of at least 4 members (excludes halogenated alkanes) is 1. The molecule has 0 radical (unpaired) electrons. The highest BCUT2D eigenvalue weighted by atomic mass is 16.5. The van der Waals surface area contributed by atoms with Gasteiger partial charge >= 0.3 is 0 Å². The lowest BCUT2D eigenvalue weighted by Gasteiger charge is -2.24. The smallest absolute Gasteiger partial charge is 0.205 e. The predicted molar refractivity (Wildman–Crippen MR) is 94.2 cm³/mol. The zero-order valence-electron chi connectivity index (χ0n) is 14.9. The number of likely N-dealkylation sites (N-methyl/N-ethyl adjacent to an activating group) is 1. The van der Waals surface area contributed by atoms with E-state index in [-0.39, 0.29) is 6.17 Å². The van der Waals surface area contributed by atoms with E-state index in [9.17, 15) is 0 Å². The summed E-state index contributed by atoms with van der Waals surface area (Å²) in [4.78, 5) is 2.45. The van der Waals surface area contributed by atoms with Crippen molar-refractivity contribution in [1.82, 2.24) is 4.90 Å². The molecule has 2 N–H and O–H groups in total. The number of nitrogens with one attached hydrogen (secondary N) is 2. The topological polar surface area (TPSA) is 55.0 Å². The molecule has 1 aromatic carbocycles. The van der Waals surface area contributed by atoms with Crippen molar-refractivity contribution in [3.05, 3.63) is 6.07 Å². The molecule has 0 aliphatic carbocycles. The molecule has 0 saturated heterocycles. The van der Waals surface area contributed by atoms with Crippen LogP contribution in [-0.2, 0) is 0 Å². The number of methoxy groups -OCH3 is 3. The molecule has 1 unspecified atom stereocenters. The van der Waals surface area contributed by atoms with Crippen molar-refractivity contribution in [3.63, 3.8) is 0 Å². The van der Waals surface area contributed by atoms with Gasteiger partial charge < -0.3 is 24.8 Å². The third-order valence-corrected chi connectivity index (χ3v) is 4.19. The van der Waals surface area contributed by atoms with Gasteiger partial charge in [-0.25, -0.2) is 0 Å². The molecule has 0 fully saturated rings. The minimum absolute atomic E-state index is 0.146. The fraction of sp³-hybridized carbons (Fsp3) is 0.647. The van der Waals surface area contributed by atoms with E-state index in [1.165, 1.54) is 12.8 Å². The third-order valence-electron chi connectivity index (χ3n) is 4.19. The first kappa shape index (κ1) is 17.5. The Kier molecular flexibility index (Phi) is 6.21. The van der Waals surface area contributed by atoms with Crippen molar-refractivity contribution in [2.24, 2.45) is 0 Å². The van der Waals surface area contributed by atoms with Crippen molar-refractivity contribution in [1.29, 1.82) is 0 Å². The first-order valence-corrected chi connectivity index (χ1v) is 8.26. The average Bonchev–Trinajstić information content (AvgIpc) is 2.98. The van der Waals surface area contributed by atoms with Gasteiger partial charge in [0.25, 0.3) is 0 Å². The molecule has 1 heterocycles. The van der Waals surface area contributed by atoms with Crippen LogP contribution in [0, 0.1) is 0 Å². The second-order valence-electron chi connectivity index (χ2n) is 5.66. The van der Waals surface area contributed by atoms with Gasteiger partial charge in [0.2, 0.25) is 5.75 Å². The van der Waals surface area contributed by atoms with Crippen LogP contribution in [0.15, 0.2) is 6.07 Å². The maximum absolute atomic E-state index is 5.55. The molecular formula is C17H29N3O3. The van der Waals surface area contributed by atoms with Crippen molar-refractivity contribution in [3.8, 4) is 17.2 Å². The number of rotatable bonds is 9. The van der Waals surface area contributed by atoms with Gasteiger partial charge in [-0.1, -0.05) is 20.3 Å². The Bertz CT molecular complexity index is 522. The van der Waals surface area contributed by atoms with Gasteiger partial charge in [-0.3, -0.25) is 4.90 Å². The molecule has 130 valence electrons. The van der Waals surface area contributed by atoms with Gasteiger partial charge in [0.05, 0.1) is 27.0 Å². The second kappa shape index (κ2) is 8.15. The first-order valence-electron chi connectivity index (χ1n) is 8.26. The quantitative estimate of drug-likeness (QED) is 0.729. The van der Waals surface area contributed by atoms with Crippen LogP contribution in [-0.4, -0.2) is 52.0 Å². The molecule has 6 nitrogen and oxygen atoms in total. The van der Waals surface area contributed by atoms with Gasteiger partial charge in [0.1, 0.15) is 11.9 Å². The highest BCUT2D eigenvalue weighted by Crippen LogP contribution is 2.49. The third kappa shape index (κ3) is 3.75. The van der Waals surface area contributed by atoms with Crippen molar-refractivity contribution in [2.45, 2.75) is 32.9 Å². The summed E-state index contributed by atoms with van der Waals surface area (Å²) in [5, 5.41) is 7.02. The number of fused-ring (bicyclic) bond motifs is 1. The van der Waals surface area contributed by atoms with Crippen LogP contribution in [0.5, 0.6) is 17.2 Å². The standard InChI is InChI=1S/C17H29N3O3/c1-6-8-9-20(7-2)11-14-18-12-10-13(21-3)16(22-4)17(23-5)15(12)19-14/h10,14,18-19H,6-9,11H2,1-5H3. The number of benzene rings is 1. The summed E-state index contributed by atoms with van der Waals surface area (Å²) in [5.41, 5.74) is 1.91. The Morgan fingerprint density at radius 3 is 2.35 bits per heavy atom. The maximum Gasteiger partial charge on any atom is 0.205 e. The first-order chi connectivity index (χ1) is 11.2. The highest BCUT2D eigenvalue weighted by molar-refractivity contribution is 5.86. The summed E-state index contributed by atoms with van der Waals surface area (Å²) in [5.74, 6) is 1.95. The lowest BCUT2D eigenvalue weighted by atomic mass is 10.2. The lowest BCUT2D eigenvalue weighted by molar-refractivity contribution is 0.278. The maximum atomic E-state index is 5.55. The van der Waals surface area contributed by atoms with E-state index in [4.69, 9.17) is 14.2 Å². The van der Waals surface area contributed by atoms with Crippen LogP contribution < -0.4 is 24.8 Å². The van der Waals surface area contributed by atoms with E-state index in [2.05, 4.69) is 29.4 Å². The largest absolute Gasteiger partial charge is 0.493 e. The molecule has 1 aliphatic heterocycles. The highest BCUT2D eigenvalue weighted by Gasteiger charge is 2.29. The minimum atomic E-state index is 0.146. The summed E-state index contributed by atoms with van der Waals surface area (Å²) >= 11 is 0. The van der Waals surface area contributed by atoms with E-state index < -0.39 is 0 Å². The number of anilines is 2. The van der Waals surface area contributed by atoms with Gasteiger partial charge in [-0.05, 0) is 19.5 Å². The lowest BCUT2D eigenvalue weighted by Crippen LogP contribution is -2.39. The summed E-state index contributed by atoms with van der Waals surface area (Å²) in [6.45, 7) is 7.51. The molecule has 2 rings (SSSR count). The van der Waals surface area contributed by atoms with E-state index in [1.54, 1.807) is 21.3 Å². The predicted octanol–water partition coefficient (Wildman–Crippen LogP) is 3.00. The Morgan fingerprint density at radius 1 is 1.04 bits per heavy atom. The molecule has 1 aromatic rings. The monoisotopic (exact) mass is 323 g/mol. The van der Waals surface area contributed by atoms with Crippen molar-refractivity contribution in [2.75, 3.05) is 51.6 Å². The van der Waals surface area contributed by atoms with E-state index in [0.717, 1.165) is 31.0 Å². The van der Waals surface area contributed by atoms with Crippen molar-refractivity contribution < 1.29 is 14.2 Å². The van der Waals surface area contributed by atoms with Gasteiger partial charge in [-0.2, -0.15) is 0 Å². The normalized spacial score (nSPS) is 15.8. The molecule has 0 bridgehead atoms. The van der Waals surface area contributed by atoms with E-state index in [1.807, 2.05) is 6.07 Å². The molecule has 6 heteroatoms. The summed E-state index contributed by atoms with van der Waals surface area (Å²) in [6, 6.07) is 1.95. The molecule has 0 spiro atoms. The molecule has 0 amide bonds. The number of hydrogen-bond acceptors (Lipinski definition) is 6. The summed E-state index contributed by atoms with van der Waals surface area (Å²) in [6.07, 6.45) is 2.58. The Balaban J connectivity index is 2.17. The van der Waals surface area contributed by atoms with Crippen LogP contribution in [0.25, 0.3) is 0 Å². The zero-order chi connectivity index (χ0) is 16.8. The zero-order valence-corrected chi connectivity index (χ0v) is 14.9. The summed E-state index contributed by atoms with van der Waals surface area (Å²) in [7, 11) is 4.90. The number of ether oxygens (including phenoxy) is 3. The number of hydrogen-bond donors (Lipinski definition) is 2. The SMILES string of the molecule is CCCCN(CC)CC1Nc2cc(OC)c(OC)c(OC)c2N1. The van der Waals surface area contributed by atoms with E-state index >= 15 is 0 Å². The van der Waals surface area contributed by atoms with Crippen LogP contribution in [0.2, 0.25) is 0 Å². The van der Waals surface area contributed by atoms with Gasteiger partial charge in [0.15, 0.2) is 11.5 Å². The molecule has 0 aromatic heterocycles. The van der Waals surface area contributed by atoms with Crippen molar-refractivity contribution >= 4 is 11.4 Å². The average molecular weight is 323 g/mol. The minimum Gasteiger partial charge on any atom is -0.493 e.